The van der Waals surface area contributed by atoms with E-state index in [2.05, 4.69) is 29.5 Å². The minimum Gasteiger partial charge on any atom is -0.742 e. The van der Waals surface area contributed by atoms with Gasteiger partial charge in [-0.15, -0.1) is 6.58 Å². The fourth-order valence-electron chi connectivity index (χ4n) is 0.235. The Kier molecular flexibility index (Phi) is 11.2. The average molecular weight is 163 g/mol. The van der Waals surface area contributed by atoms with Crippen LogP contribution in [0.5, 0.6) is 0 Å². The Morgan fingerprint density at radius 3 is 2.90 bits per heavy atom. The van der Waals surface area contributed by atoms with Crippen LogP contribution in [0.25, 0.3) is 0 Å². The summed E-state index contributed by atoms with van der Waals surface area (Å²) in [6.07, 6.45) is 3.26. The first-order chi connectivity index (χ1) is 4.31. The van der Waals surface area contributed by atoms with Gasteiger partial charge in [0.1, 0.15) is 0 Å². The summed E-state index contributed by atoms with van der Waals surface area (Å²) in [5.41, 5.74) is 0. The molecule has 0 aromatic heterocycles. The summed E-state index contributed by atoms with van der Waals surface area (Å²) in [6.45, 7) is 3.88. The molecular formula is C5H6N3NaS. The second kappa shape index (κ2) is 8.92. The monoisotopic (exact) mass is 163 g/mol. The van der Waals surface area contributed by atoms with Crippen LogP contribution in [0, 0.1) is 11.5 Å². The zero-order valence-corrected chi connectivity index (χ0v) is 8.61. The van der Waals surface area contributed by atoms with E-state index in [4.69, 9.17) is 5.26 Å². The van der Waals surface area contributed by atoms with E-state index in [1.165, 1.54) is 0 Å². The van der Waals surface area contributed by atoms with Gasteiger partial charge in [0.15, 0.2) is 6.19 Å². The fraction of sp³-hybridized carbons (Fsp3) is 0.200. The van der Waals surface area contributed by atoms with Crippen molar-refractivity contribution in [2.75, 3.05) is 6.54 Å². The minimum absolute atomic E-state index is 0. The van der Waals surface area contributed by atoms with Crippen molar-refractivity contribution in [2.24, 2.45) is 4.99 Å². The third kappa shape index (κ3) is 7.92. The van der Waals surface area contributed by atoms with Gasteiger partial charge in [-0.25, -0.2) is 0 Å². The molecule has 0 saturated carbocycles. The van der Waals surface area contributed by atoms with Crippen molar-refractivity contribution < 1.29 is 29.6 Å². The van der Waals surface area contributed by atoms with Crippen LogP contribution in [0.15, 0.2) is 17.6 Å². The van der Waals surface area contributed by atoms with Gasteiger partial charge in [-0.1, -0.05) is 6.08 Å². The van der Waals surface area contributed by atoms with Crippen molar-refractivity contribution in [3.05, 3.63) is 12.7 Å². The quantitative estimate of drug-likeness (QED) is 0.0906. The number of aliphatic imine (C=N–C) groups is 1. The molecule has 0 spiro atoms. The molecule has 0 bridgehead atoms. The summed E-state index contributed by atoms with van der Waals surface area (Å²) in [7, 11) is 0. The van der Waals surface area contributed by atoms with E-state index in [9.17, 15) is 0 Å². The van der Waals surface area contributed by atoms with Crippen LogP contribution in [-0.2, 0) is 12.6 Å². The number of nitrogens with one attached hydrogen (secondary N) is 1. The van der Waals surface area contributed by atoms with E-state index >= 15 is 0 Å². The Hall–Kier alpha value is -0.0800. The van der Waals surface area contributed by atoms with Crippen molar-refractivity contribution in [3.8, 4) is 6.19 Å². The smallest absolute Gasteiger partial charge is 0.742 e. The standard InChI is InChI=1S/C5H7N3S.Na/c1-2-3-7-5(9)8-4-6;/h2H,1,3H2,(H2,7,8,9);/q;+1/p-1. The van der Waals surface area contributed by atoms with Crippen molar-refractivity contribution >= 4 is 17.8 Å². The van der Waals surface area contributed by atoms with Crippen molar-refractivity contribution in [1.82, 2.24) is 5.32 Å². The molecule has 0 heterocycles. The van der Waals surface area contributed by atoms with E-state index in [1.807, 2.05) is 0 Å². The Labute approximate surface area is 87.9 Å². The maximum absolute atomic E-state index is 8.00. The van der Waals surface area contributed by atoms with E-state index in [1.54, 1.807) is 12.3 Å². The molecule has 0 unspecified atom stereocenters. The van der Waals surface area contributed by atoms with Crippen LogP contribution in [0.4, 0.5) is 0 Å². The second-order valence-electron chi connectivity index (χ2n) is 1.17. The second-order valence-corrected chi connectivity index (χ2v) is 1.56. The molecule has 1 N–H and O–H groups in total. The van der Waals surface area contributed by atoms with Crippen molar-refractivity contribution in [2.45, 2.75) is 0 Å². The summed E-state index contributed by atoms with van der Waals surface area (Å²) in [6, 6.07) is 0. The van der Waals surface area contributed by atoms with Gasteiger partial charge in [0.25, 0.3) is 0 Å². The van der Waals surface area contributed by atoms with Crippen molar-refractivity contribution in [3.63, 3.8) is 0 Å². The molecule has 10 heavy (non-hydrogen) atoms. The average Bonchev–Trinajstić information content (AvgIpc) is 1.85. The molecule has 0 aliphatic heterocycles. The van der Waals surface area contributed by atoms with Gasteiger partial charge >= 0.3 is 29.6 Å². The number of rotatable bonds is 2. The Balaban J connectivity index is 0. The molecule has 0 radical (unpaired) electrons. The SMILES string of the molecule is C=CCN=C([S-])NC#N.[Na+]. The van der Waals surface area contributed by atoms with Gasteiger partial charge in [-0.2, -0.15) is 5.26 Å². The number of hydrogen-bond donors (Lipinski definition) is 1. The molecule has 0 saturated heterocycles. The minimum atomic E-state index is 0. The molecule has 0 aromatic carbocycles. The van der Waals surface area contributed by atoms with Gasteiger partial charge in [0, 0.05) is 0 Å². The third-order valence-corrected chi connectivity index (χ3v) is 0.758. The topological polar surface area (TPSA) is 48.2 Å². The molecule has 0 aliphatic carbocycles. The molecule has 0 rings (SSSR count). The third-order valence-electron chi connectivity index (χ3n) is 0.527. The first-order valence-corrected chi connectivity index (χ1v) is 2.69. The first-order valence-electron chi connectivity index (χ1n) is 2.28. The number of amidine groups is 1. The van der Waals surface area contributed by atoms with Crippen LogP contribution in [0.2, 0.25) is 0 Å². The Morgan fingerprint density at radius 1 is 1.90 bits per heavy atom. The molecule has 3 nitrogen and oxygen atoms in total. The Bertz CT molecular complexity index is 161. The number of hydrogen-bond acceptors (Lipinski definition) is 3. The van der Waals surface area contributed by atoms with Crippen LogP contribution >= 0.6 is 0 Å². The summed E-state index contributed by atoms with van der Waals surface area (Å²) in [5, 5.41) is 10.4. The molecule has 0 amide bonds. The summed E-state index contributed by atoms with van der Waals surface area (Å²) >= 11 is 4.57. The van der Waals surface area contributed by atoms with Gasteiger partial charge in [-0.3, -0.25) is 4.99 Å². The van der Waals surface area contributed by atoms with Crippen LogP contribution in [0.3, 0.4) is 0 Å². The molecule has 0 aromatic rings. The Morgan fingerprint density at radius 2 is 2.50 bits per heavy atom. The molecule has 48 valence electrons. The first kappa shape index (κ1) is 12.6. The van der Waals surface area contributed by atoms with Crippen LogP contribution < -0.4 is 34.9 Å². The van der Waals surface area contributed by atoms with Crippen LogP contribution in [0.1, 0.15) is 0 Å². The maximum atomic E-state index is 8.00. The molecule has 0 atom stereocenters. The molecule has 0 aliphatic rings. The van der Waals surface area contributed by atoms with E-state index in [0.29, 0.717) is 6.54 Å². The molecule has 0 fully saturated rings. The predicted octanol–water partition coefficient (Wildman–Crippen LogP) is -2.85. The zero-order valence-electron chi connectivity index (χ0n) is 5.79. The number of nitriles is 1. The summed E-state index contributed by atoms with van der Waals surface area (Å²) in [4.78, 5) is 3.71. The van der Waals surface area contributed by atoms with Crippen LogP contribution in [-0.4, -0.2) is 11.7 Å². The molecule has 5 heteroatoms. The van der Waals surface area contributed by atoms with E-state index in [0.717, 1.165) is 0 Å². The van der Waals surface area contributed by atoms with Gasteiger partial charge in [-0.05, 0) is 5.17 Å². The fourth-order valence-corrected chi connectivity index (χ4v) is 0.355. The predicted molar refractivity (Wildman–Crippen MR) is 38.6 cm³/mol. The van der Waals surface area contributed by atoms with E-state index < -0.39 is 0 Å². The molecular weight excluding hydrogens is 157 g/mol. The van der Waals surface area contributed by atoms with Gasteiger partial charge < -0.3 is 17.9 Å². The summed E-state index contributed by atoms with van der Waals surface area (Å²) < 4.78 is 0. The largest absolute Gasteiger partial charge is 1.00 e. The summed E-state index contributed by atoms with van der Waals surface area (Å²) in [5.74, 6) is 0. The normalized spacial score (nSPS) is 8.90. The van der Waals surface area contributed by atoms with Gasteiger partial charge in [0.2, 0.25) is 0 Å². The van der Waals surface area contributed by atoms with Crippen molar-refractivity contribution in [1.29, 1.82) is 5.26 Å². The number of nitrogens with zero attached hydrogens (tertiary/aromatic N) is 2. The maximum Gasteiger partial charge on any atom is 1.00 e. The zero-order chi connectivity index (χ0) is 7.11. The van der Waals surface area contributed by atoms with Gasteiger partial charge in [0.05, 0.1) is 6.54 Å². The van der Waals surface area contributed by atoms with E-state index in [-0.39, 0.29) is 34.7 Å².